The molecule has 2 aliphatic rings. The Labute approximate surface area is 133 Å². The number of nitrogens with one attached hydrogen (secondary N) is 1. The molecule has 9 nitrogen and oxygen atoms in total. The van der Waals surface area contributed by atoms with Crippen LogP contribution in [0.15, 0.2) is 31.0 Å². The molecule has 2 aromatic rings. The first-order valence-electron chi connectivity index (χ1n) is 7.64. The molecule has 2 aromatic heterocycles. The summed E-state index contributed by atoms with van der Waals surface area (Å²) in [5, 5.41) is 9.79. The van der Waals surface area contributed by atoms with E-state index in [2.05, 4.69) is 30.6 Å². The molecule has 0 radical (unpaired) electrons. The van der Waals surface area contributed by atoms with E-state index in [-0.39, 0.29) is 0 Å². The number of hydrogen-bond donors (Lipinski definition) is 1. The van der Waals surface area contributed by atoms with Gasteiger partial charge < -0.3 is 15.1 Å². The third kappa shape index (κ3) is 2.95. The number of rotatable bonds is 3. The van der Waals surface area contributed by atoms with Gasteiger partial charge >= 0.3 is 0 Å². The second-order valence-corrected chi connectivity index (χ2v) is 5.39. The SMILES string of the molecule is C1=C(n2ccnn2)CN(c2cc(N3CCCOCC3)ncn2)N1. The smallest absolute Gasteiger partial charge is 0.152 e. The Morgan fingerprint density at radius 3 is 3.00 bits per heavy atom. The van der Waals surface area contributed by atoms with Crippen LogP contribution in [0, 0.1) is 0 Å². The molecule has 2 aliphatic heterocycles. The van der Waals surface area contributed by atoms with Gasteiger partial charge in [0, 0.05) is 32.0 Å². The van der Waals surface area contributed by atoms with E-state index in [4.69, 9.17) is 4.74 Å². The highest BCUT2D eigenvalue weighted by atomic mass is 16.5. The zero-order valence-electron chi connectivity index (χ0n) is 12.7. The number of hydrazine groups is 1. The lowest BCUT2D eigenvalue weighted by atomic mass is 10.3. The fourth-order valence-corrected chi connectivity index (χ4v) is 2.69. The van der Waals surface area contributed by atoms with E-state index in [0.717, 1.165) is 50.1 Å². The molecule has 0 bridgehead atoms. The van der Waals surface area contributed by atoms with Crippen molar-refractivity contribution in [2.45, 2.75) is 6.42 Å². The van der Waals surface area contributed by atoms with Crippen molar-refractivity contribution in [2.24, 2.45) is 0 Å². The molecule has 0 aromatic carbocycles. The predicted octanol–water partition coefficient (Wildman–Crippen LogP) is 0.118. The maximum Gasteiger partial charge on any atom is 0.152 e. The van der Waals surface area contributed by atoms with Crippen LogP contribution in [0.1, 0.15) is 6.42 Å². The standard InChI is InChI=1S/C14H18N8O/c1-3-20(5-7-23-6-1)13-8-14(16-11-15-13)22-10-12(9-18-22)21-4-2-17-19-21/h2,4,8-9,11,18H,1,3,5-7,10H2. The Kier molecular flexibility index (Phi) is 3.76. The second kappa shape index (κ2) is 6.21. The van der Waals surface area contributed by atoms with Crippen LogP contribution in [-0.4, -0.2) is 57.8 Å². The molecular weight excluding hydrogens is 296 g/mol. The Hall–Kier alpha value is -2.68. The average molecular weight is 314 g/mol. The van der Waals surface area contributed by atoms with Crippen LogP contribution < -0.4 is 15.3 Å². The molecule has 0 amide bonds. The molecule has 1 fully saturated rings. The first-order valence-corrected chi connectivity index (χ1v) is 7.64. The molecule has 1 saturated heterocycles. The van der Waals surface area contributed by atoms with Crippen LogP contribution in [0.25, 0.3) is 5.70 Å². The molecule has 0 unspecified atom stereocenters. The molecule has 23 heavy (non-hydrogen) atoms. The zero-order chi connectivity index (χ0) is 15.5. The van der Waals surface area contributed by atoms with E-state index in [9.17, 15) is 0 Å². The summed E-state index contributed by atoms with van der Waals surface area (Å²) in [4.78, 5) is 11.0. The summed E-state index contributed by atoms with van der Waals surface area (Å²) >= 11 is 0. The highest BCUT2D eigenvalue weighted by Crippen LogP contribution is 2.21. The molecule has 0 saturated carbocycles. The number of ether oxygens (including phenoxy) is 1. The van der Waals surface area contributed by atoms with Gasteiger partial charge in [0.1, 0.15) is 12.1 Å². The summed E-state index contributed by atoms with van der Waals surface area (Å²) in [5.74, 6) is 1.75. The van der Waals surface area contributed by atoms with E-state index in [1.165, 1.54) is 0 Å². The summed E-state index contributed by atoms with van der Waals surface area (Å²) < 4.78 is 7.24. The molecule has 120 valence electrons. The lowest BCUT2D eigenvalue weighted by molar-refractivity contribution is 0.152. The van der Waals surface area contributed by atoms with Gasteiger partial charge in [0.25, 0.3) is 0 Å². The van der Waals surface area contributed by atoms with Gasteiger partial charge in [-0.25, -0.2) is 14.6 Å². The van der Waals surface area contributed by atoms with E-state index >= 15 is 0 Å². The molecule has 1 N–H and O–H groups in total. The molecule has 4 heterocycles. The van der Waals surface area contributed by atoms with Crippen LogP contribution in [-0.2, 0) is 4.74 Å². The first kappa shape index (κ1) is 13.9. The van der Waals surface area contributed by atoms with Crippen LogP contribution in [0.4, 0.5) is 11.6 Å². The van der Waals surface area contributed by atoms with Crippen molar-refractivity contribution in [1.82, 2.24) is 30.4 Å². The number of nitrogens with zero attached hydrogens (tertiary/aromatic N) is 7. The van der Waals surface area contributed by atoms with Gasteiger partial charge in [-0.1, -0.05) is 5.21 Å². The number of hydrogen-bond acceptors (Lipinski definition) is 8. The van der Waals surface area contributed by atoms with Crippen molar-refractivity contribution in [3.8, 4) is 0 Å². The second-order valence-electron chi connectivity index (χ2n) is 5.39. The monoisotopic (exact) mass is 314 g/mol. The van der Waals surface area contributed by atoms with E-state index < -0.39 is 0 Å². The zero-order valence-corrected chi connectivity index (χ0v) is 12.7. The minimum absolute atomic E-state index is 0.656. The van der Waals surface area contributed by atoms with Gasteiger partial charge in [-0.15, -0.1) is 5.10 Å². The van der Waals surface area contributed by atoms with Gasteiger partial charge in [-0.2, -0.15) is 0 Å². The third-order valence-corrected chi connectivity index (χ3v) is 3.88. The van der Waals surface area contributed by atoms with E-state index in [1.54, 1.807) is 17.2 Å². The Morgan fingerprint density at radius 1 is 1.13 bits per heavy atom. The summed E-state index contributed by atoms with van der Waals surface area (Å²) in [6.45, 7) is 4.01. The van der Waals surface area contributed by atoms with Crippen LogP contribution in [0.5, 0.6) is 0 Å². The van der Waals surface area contributed by atoms with Gasteiger partial charge in [0.15, 0.2) is 5.82 Å². The van der Waals surface area contributed by atoms with Crippen LogP contribution in [0.2, 0.25) is 0 Å². The number of anilines is 2. The minimum atomic E-state index is 0.656. The van der Waals surface area contributed by atoms with E-state index in [0.29, 0.717) is 6.54 Å². The highest BCUT2D eigenvalue weighted by Gasteiger charge is 2.19. The average Bonchev–Trinajstić information content (AvgIpc) is 3.21. The van der Waals surface area contributed by atoms with Crippen molar-refractivity contribution < 1.29 is 4.74 Å². The molecule has 9 heteroatoms. The van der Waals surface area contributed by atoms with Gasteiger partial charge in [0.2, 0.25) is 0 Å². The van der Waals surface area contributed by atoms with Crippen LogP contribution >= 0.6 is 0 Å². The maximum atomic E-state index is 5.50. The molecule has 0 aliphatic carbocycles. The summed E-state index contributed by atoms with van der Waals surface area (Å²) in [5.41, 5.74) is 4.21. The van der Waals surface area contributed by atoms with Crippen molar-refractivity contribution in [1.29, 1.82) is 0 Å². The minimum Gasteiger partial charge on any atom is -0.380 e. The Morgan fingerprint density at radius 2 is 2.09 bits per heavy atom. The highest BCUT2D eigenvalue weighted by molar-refractivity contribution is 5.59. The lowest BCUT2D eigenvalue weighted by Crippen LogP contribution is -2.32. The maximum absolute atomic E-state index is 5.50. The molecule has 0 spiro atoms. The van der Waals surface area contributed by atoms with Gasteiger partial charge in [-0.3, -0.25) is 5.01 Å². The Bertz CT molecular complexity index is 678. The van der Waals surface area contributed by atoms with Crippen molar-refractivity contribution >= 4 is 17.3 Å². The fourth-order valence-electron chi connectivity index (χ4n) is 2.69. The molecule has 4 rings (SSSR count). The van der Waals surface area contributed by atoms with E-state index in [1.807, 2.05) is 23.5 Å². The lowest BCUT2D eigenvalue weighted by Gasteiger charge is -2.23. The fraction of sp³-hybridized carbons (Fsp3) is 0.429. The molecule has 0 atom stereocenters. The predicted molar refractivity (Wildman–Crippen MR) is 84.5 cm³/mol. The Balaban J connectivity index is 1.49. The van der Waals surface area contributed by atoms with Gasteiger partial charge in [0.05, 0.1) is 31.2 Å². The quantitative estimate of drug-likeness (QED) is 0.855. The number of aromatic nitrogens is 5. The summed E-state index contributed by atoms with van der Waals surface area (Å²) in [6.07, 6.45) is 7.99. The largest absolute Gasteiger partial charge is 0.380 e. The summed E-state index contributed by atoms with van der Waals surface area (Å²) in [6, 6.07) is 2.00. The van der Waals surface area contributed by atoms with Crippen molar-refractivity contribution in [3.05, 3.63) is 31.0 Å². The van der Waals surface area contributed by atoms with Gasteiger partial charge in [-0.05, 0) is 6.42 Å². The topological polar surface area (TPSA) is 84.2 Å². The first-order chi connectivity index (χ1) is 11.4. The van der Waals surface area contributed by atoms with Crippen LogP contribution in [0.3, 0.4) is 0 Å². The third-order valence-electron chi connectivity index (χ3n) is 3.88. The summed E-state index contributed by atoms with van der Waals surface area (Å²) in [7, 11) is 0. The van der Waals surface area contributed by atoms with Crippen molar-refractivity contribution in [2.75, 3.05) is 42.8 Å². The normalized spacial score (nSPS) is 18.5. The van der Waals surface area contributed by atoms with Crippen molar-refractivity contribution in [3.63, 3.8) is 0 Å². The molecular formula is C14H18N8O.